The first-order valence-corrected chi connectivity index (χ1v) is 8.39. The van der Waals surface area contributed by atoms with Crippen molar-refractivity contribution in [3.8, 4) is 0 Å². The lowest BCUT2D eigenvalue weighted by molar-refractivity contribution is 0.327. The Morgan fingerprint density at radius 3 is 1.88 bits per heavy atom. The van der Waals surface area contributed by atoms with Gasteiger partial charge < -0.3 is 19.6 Å². The lowest BCUT2D eigenvalue weighted by Gasteiger charge is -2.20. The number of unbranched alkanes of at least 4 members (excludes halogenated alkanes) is 3. The number of rotatable bonds is 8. The van der Waals surface area contributed by atoms with Crippen molar-refractivity contribution in [2.45, 2.75) is 38.1 Å². The highest BCUT2D eigenvalue weighted by Crippen LogP contribution is 2.58. The molecule has 0 atom stereocenters. The third-order valence-electron chi connectivity index (χ3n) is 1.99. The van der Waals surface area contributed by atoms with Gasteiger partial charge in [0.2, 0.25) is 5.52 Å². The molecule has 0 aromatic rings. The first-order valence-electron chi connectivity index (χ1n) is 5.03. The van der Waals surface area contributed by atoms with E-state index in [1.54, 1.807) is 0 Å². The molecule has 0 saturated heterocycles. The van der Waals surface area contributed by atoms with Gasteiger partial charge in [-0.05, 0) is 13.0 Å². The Labute approximate surface area is 94.6 Å². The molecule has 7 nitrogen and oxygen atoms in total. The summed E-state index contributed by atoms with van der Waals surface area (Å²) in [4.78, 5) is 35.1. The highest BCUT2D eigenvalue weighted by atomic mass is 31.2. The molecular weight excluding hydrogens is 256 g/mol. The zero-order valence-corrected chi connectivity index (χ0v) is 10.9. The van der Waals surface area contributed by atoms with Gasteiger partial charge in [-0.25, -0.2) is 0 Å². The largest absolute Gasteiger partial charge is 0.354 e. The molecule has 0 unspecified atom stereocenters. The molecule has 16 heavy (non-hydrogen) atoms. The molecule has 0 spiro atoms. The summed E-state index contributed by atoms with van der Waals surface area (Å²) in [6, 6.07) is 0. The van der Waals surface area contributed by atoms with Crippen molar-refractivity contribution in [3.05, 3.63) is 0 Å². The first-order chi connectivity index (χ1) is 7.19. The molecule has 0 aromatic carbocycles. The minimum atomic E-state index is -4.83. The van der Waals surface area contributed by atoms with E-state index in [0.29, 0.717) is 6.42 Å². The van der Waals surface area contributed by atoms with Gasteiger partial charge in [0.05, 0.1) is 0 Å². The Kier molecular flexibility index (Phi) is 6.98. The van der Waals surface area contributed by atoms with E-state index in [1.807, 2.05) is 6.92 Å². The van der Waals surface area contributed by atoms with Gasteiger partial charge in [-0.3, -0.25) is 14.4 Å². The highest BCUT2D eigenvalue weighted by molar-refractivity contribution is 7.70. The zero-order chi connectivity index (χ0) is 12.8. The lowest BCUT2D eigenvalue weighted by atomic mass is 10.2. The molecule has 0 heterocycles. The fraction of sp³-hybridized carbons (Fsp3) is 1.00. The third-order valence-corrected chi connectivity index (χ3v) is 5.44. The molecular formula is C7H19NO6P2. The summed E-state index contributed by atoms with van der Waals surface area (Å²) < 4.78 is 21.7. The van der Waals surface area contributed by atoms with E-state index in [9.17, 15) is 9.13 Å². The normalized spacial score (nSPS) is 13.4. The number of nitrogens with one attached hydrogen (secondary N) is 1. The highest BCUT2D eigenvalue weighted by Gasteiger charge is 2.42. The second-order valence-corrected chi connectivity index (χ2v) is 7.36. The van der Waals surface area contributed by atoms with Crippen LogP contribution in [0.5, 0.6) is 0 Å². The fourth-order valence-electron chi connectivity index (χ4n) is 1.22. The van der Waals surface area contributed by atoms with Crippen LogP contribution in [0.2, 0.25) is 0 Å². The predicted molar refractivity (Wildman–Crippen MR) is 60.0 cm³/mol. The van der Waals surface area contributed by atoms with Crippen molar-refractivity contribution in [3.63, 3.8) is 0 Å². The smallest absolute Gasteiger partial charge is 0.323 e. The summed E-state index contributed by atoms with van der Waals surface area (Å²) in [7, 11) is -9.65. The van der Waals surface area contributed by atoms with E-state index in [1.165, 1.54) is 0 Å². The van der Waals surface area contributed by atoms with Crippen LogP contribution in [-0.4, -0.2) is 31.6 Å². The maximum Gasteiger partial charge on any atom is 0.354 e. The Morgan fingerprint density at radius 2 is 1.50 bits per heavy atom. The Balaban J connectivity index is 4.17. The summed E-state index contributed by atoms with van der Waals surface area (Å²) in [5.74, 6) is 0. The molecule has 0 aliphatic heterocycles. The minimum Gasteiger partial charge on any atom is -0.323 e. The van der Waals surface area contributed by atoms with Crippen molar-refractivity contribution in [1.82, 2.24) is 5.32 Å². The van der Waals surface area contributed by atoms with Crippen molar-refractivity contribution in [2.24, 2.45) is 0 Å². The van der Waals surface area contributed by atoms with Crippen LogP contribution >= 0.6 is 15.2 Å². The maximum absolute atomic E-state index is 10.8. The summed E-state index contributed by atoms with van der Waals surface area (Å²) >= 11 is 0. The average molecular weight is 275 g/mol. The third kappa shape index (κ3) is 6.76. The molecule has 9 heteroatoms. The van der Waals surface area contributed by atoms with Crippen LogP contribution < -0.4 is 5.32 Å². The van der Waals surface area contributed by atoms with Gasteiger partial charge in [0.25, 0.3) is 0 Å². The second kappa shape index (κ2) is 6.87. The molecule has 0 radical (unpaired) electrons. The summed E-state index contributed by atoms with van der Waals surface area (Å²) in [5.41, 5.74) is -2.08. The van der Waals surface area contributed by atoms with Gasteiger partial charge >= 0.3 is 15.2 Å². The molecule has 98 valence electrons. The van der Waals surface area contributed by atoms with E-state index in [4.69, 9.17) is 19.6 Å². The van der Waals surface area contributed by atoms with Crippen LogP contribution in [-0.2, 0) is 9.13 Å². The monoisotopic (exact) mass is 275 g/mol. The quantitative estimate of drug-likeness (QED) is 0.327. The molecule has 0 rings (SSSR count). The predicted octanol–water partition coefficient (Wildman–Crippen LogP) is 0.795. The van der Waals surface area contributed by atoms with E-state index >= 15 is 0 Å². The van der Waals surface area contributed by atoms with Crippen molar-refractivity contribution >= 4 is 15.2 Å². The molecule has 5 N–H and O–H groups in total. The van der Waals surface area contributed by atoms with Gasteiger partial charge in [0, 0.05) is 0 Å². The maximum atomic E-state index is 10.8. The first kappa shape index (κ1) is 16.3. The molecule has 0 aromatic heterocycles. The van der Waals surface area contributed by atoms with Crippen LogP contribution in [0, 0.1) is 0 Å². The molecule has 0 saturated carbocycles. The van der Waals surface area contributed by atoms with Gasteiger partial charge in [0.1, 0.15) is 0 Å². The molecule has 0 aliphatic rings. The van der Waals surface area contributed by atoms with Gasteiger partial charge in [-0.1, -0.05) is 26.2 Å². The van der Waals surface area contributed by atoms with Crippen LogP contribution in [0.1, 0.15) is 32.6 Å². The van der Waals surface area contributed by atoms with Crippen LogP contribution in [0.3, 0.4) is 0 Å². The van der Waals surface area contributed by atoms with Crippen molar-refractivity contribution in [2.75, 3.05) is 6.54 Å². The van der Waals surface area contributed by atoms with E-state index in [-0.39, 0.29) is 6.54 Å². The zero-order valence-electron chi connectivity index (χ0n) is 9.11. The van der Waals surface area contributed by atoms with Crippen LogP contribution in [0.25, 0.3) is 0 Å². The Hall–Kier alpha value is 0.260. The fourth-order valence-corrected chi connectivity index (χ4v) is 3.52. The molecule has 0 fully saturated rings. The van der Waals surface area contributed by atoms with Gasteiger partial charge in [0.15, 0.2) is 0 Å². The van der Waals surface area contributed by atoms with Gasteiger partial charge in [-0.15, -0.1) is 0 Å². The Bertz CT molecular complexity index is 263. The lowest BCUT2D eigenvalue weighted by Crippen LogP contribution is -2.29. The standard InChI is InChI=1S/C7H19NO6P2/c1-2-3-4-5-6-8-7(15(9,10)11)16(12,13)14/h7-8H,2-6H2,1H3,(H2,9,10,11)(H2,12,13,14). The van der Waals surface area contributed by atoms with Crippen molar-refractivity contribution in [1.29, 1.82) is 0 Å². The van der Waals surface area contributed by atoms with Crippen molar-refractivity contribution < 1.29 is 28.7 Å². The molecule has 0 amide bonds. The molecule has 0 aliphatic carbocycles. The topological polar surface area (TPSA) is 127 Å². The van der Waals surface area contributed by atoms with Crippen LogP contribution in [0.15, 0.2) is 0 Å². The number of hydrogen-bond acceptors (Lipinski definition) is 3. The SMILES string of the molecule is CCCCCCNC(P(=O)(O)O)P(=O)(O)O. The summed E-state index contributed by atoms with van der Waals surface area (Å²) in [6.07, 6.45) is 3.49. The minimum absolute atomic E-state index is 0.181. The summed E-state index contributed by atoms with van der Waals surface area (Å²) in [5, 5.41) is 2.23. The van der Waals surface area contributed by atoms with E-state index < -0.39 is 20.7 Å². The Morgan fingerprint density at radius 1 is 1.00 bits per heavy atom. The molecule has 0 bridgehead atoms. The number of hydrogen-bond donors (Lipinski definition) is 5. The van der Waals surface area contributed by atoms with Gasteiger partial charge in [-0.2, -0.15) is 0 Å². The second-order valence-electron chi connectivity index (χ2n) is 3.57. The van der Waals surface area contributed by atoms with E-state index in [2.05, 4.69) is 5.32 Å². The average Bonchev–Trinajstić information content (AvgIpc) is 2.06. The van der Waals surface area contributed by atoms with Crippen LogP contribution in [0.4, 0.5) is 0 Å². The summed E-state index contributed by atoms with van der Waals surface area (Å²) in [6.45, 7) is 2.20. The van der Waals surface area contributed by atoms with E-state index in [0.717, 1.165) is 19.3 Å².